The van der Waals surface area contributed by atoms with Crippen molar-refractivity contribution in [3.05, 3.63) is 35.3 Å². The van der Waals surface area contributed by atoms with Crippen LogP contribution >= 0.6 is 11.3 Å². The highest BCUT2D eigenvalue weighted by Gasteiger charge is 2.33. The number of rotatable bonds is 10. The van der Waals surface area contributed by atoms with Gasteiger partial charge in [0.15, 0.2) is 11.6 Å². The minimum absolute atomic E-state index is 0.282. The number of carbonyl (C=O) groups is 1. The van der Waals surface area contributed by atoms with E-state index in [9.17, 15) is 13.2 Å². The lowest BCUT2D eigenvalue weighted by Gasteiger charge is -2.34. The van der Waals surface area contributed by atoms with E-state index in [1.807, 2.05) is 16.8 Å². The van der Waals surface area contributed by atoms with Crippen molar-refractivity contribution in [2.45, 2.75) is 52.6 Å². The summed E-state index contributed by atoms with van der Waals surface area (Å²) in [7, 11) is -3.17. The van der Waals surface area contributed by atoms with Crippen LogP contribution < -0.4 is 10.6 Å². The van der Waals surface area contributed by atoms with E-state index in [0.29, 0.717) is 51.6 Å². The maximum absolute atomic E-state index is 12.0. The van der Waals surface area contributed by atoms with Gasteiger partial charge in [-0.05, 0) is 37.8 Å². The van der Waals surface area contributed by atoms with E-state index in [4.69, 9.17) is 25.5 Å². The predicted octanol–water partition coefficient (Wildman–Crippen LogP) is 3.65. The molecule has 1 aromatic carbocycles. The van der Waals surface area contributed by atoms with Crippen molar-refractivity contribution in [3.63, 3.8) is 0 Å². The van der Waals surface area contributed by atoms with Crippen LogP contribution in [0.3, 0.4) is 0 Å². The van der Waals surface area contributed by atoms with Gasteiger partial charge in [0.25, 0.3) is 0 Å². The van der Waals surface area contributed by atoms with Crippen LogP contribution in [0.15, 0.2) is 30.5 Å². The van der Waals surface area contributed by atoms with Gasteiger partial charge in [-0.15, -0.1) is 11.3 Å². The van der Waals surface area contributed by atoms with Crippen molar-refractivity contribution in [2.75, 3.05) is 63.6 Å². The molecule has 2 aliphatic heterocycles. The zero-order valence-electron chi connectivity index (χ0n) is 27.3. The number of fused-ring (bicyclic) bond motifs is 2. The zero-order chi connectivity index (χ0) is 32.9. The standard InChI is InChI=1S/C32H44N8O4S2/c1-31(2,18-27(33)41)21-32(3,4)40-20-24-23(7-6-8-25(24)36-40)29-34-26-17-22(19-37-9-11-39(12-10-37)46(5,42)43)45-28(26)30(35-29)38-13-15-44-16-14-38/h6-8,17,20H,9-16,18-19,21H2,1-5H3,(H2,33,41). The van der Waals surface area contributed by atoms with Gasteiger partial charge in [0.2, 0.25) is 15.9 Å². The molecule has 2 fully saturated rings. The van der Waals surface area contributed by atoms with Gasteiger partial charge in [-0.1, -0.05) is 26.0 Å². The molecule has 12 nitrogen and oxygen atoms in total. The topological polar surface area (TPSA) is 140 Å². The molecule has 6 rings (SSSR count). The molecule has 0 spiro atoms. The van der Waals surface area contributed by atoms with E-state index in [1.54, 1.807) is 15.6 Å². The summed E-state index contributed by atoms with van der Waals surface area (Å²) in [4.78, 5) is 27.8. The first-order valence-electron chi connectivity index (χ1n) is 15.8. The van der Waals surface area contributed by atoms with Crippen molar-refractivity contribution in [3.8, 4) is 11.4 Å². The van der Waals surface area contributed by atoms with Gasteiger partial charge < -0.3 is 15.4 Å². The van der Waals surface area contributed by atoms with Gasteiger partial charge in [0, 0.05) is 74.3 Å². The lowest BCUT2D eigenvalue weighted by molar-refractivity contribution is -0.120. The number of amides is 1. The Balaban J connectivity index is 1.35. The summed E-state index contributed by atoms with van der Waals surface area (Å²) in [5.41, 5.74) is 7.57. The summed E-state index contributed by atoms with van der Waals surface area (Å²) >= 11 is 1.71. The molecule has 248 valence electrons. The Labute approximate surface area is 274 Å². The van der Waals surface area contributed by atoms with Gasteiger partial charge >= 0.3 is 0 Å². The summed E-state index contributed by atoms with van der Waals surface area (Å²) in [6.45, 7) is 14.3. The van der Waals surface area contributed by atoms with E-state index >= 15 is 0 Å². The summed E-state index contributed by atoms with van der Waals surface area (Å²) in [6, 6.07) is 8.21. The largest absolute Gasteiger partial charge is 0.378 e. The molecule has 14 heteroatoms. The number of hydrogen-bond donors (Lipinski definition) is 1. The van der Waals surface area contributed by atoms with Crippen molar-refractivity contribution >= 4 is 54.2 Å². The molecule has 46 heavy (non-hydrogen) atoms. The van der Waals surface area contributed by atoms with Gasteiger partial charge in [0.05, 0.1) is 40.7 Å². The lowest BCUT2D eigenvalue weighted by Crippen LogP contribution is -2.47. The Morgan fingerprint density at radius 3 is 2.41 bits per heavy atom. The summed E-state index contributed by atoms with van der Waals surface area (Å²) < 4.78 is 34.2. The molecule has 0 radical (unpaired) electrons. The first-order chi connectivity index (χ1) is 21.7. The maximum Gasteiger partial charge on any atom is 0.217 e. The average molecular weight is 669 g/mol. The third-order valence-corrected chi connectivity index (χ3v) is 11.3. The second-order valence-electron chi connectivity index (χ2n) is 13.9. The van der Waals surface area contributed by atoms with Crippen molar-refractivity contribution in [1.29, 1.82) is 0 Å². The van der Waals surface area contributed by atoms with Crippen LogP contribution in [0, 0.1) is 5.41 Å². The lowest BCUT2D eigenvalue weighted by atomic mass is 9.77. The number of carbonyl (C=O) groups excluding carboxylic acids is 1. The van der Waals surface area contributed by atoms with Crippen molar-refractivity contribution in [1.82, 2.24) is 29.0 Å². The number of benzene rings is 1. The fraction of sp³-hybridized carbons (Fsp3) is 0.562. The van der Waals surface area contributed by atoms with Crippen LogP contribution in [0.5, 0.6) is 0 Å². The number of hydrogen-bond acceptors (Lipinski definition) is 10. The number of ether oxygens (including phenoxy) is 1. The number of sulfonamides is 1. The molecule has 3 aromatic heterocycles. The molecule has 0 saturated carbocycles. The maximum atomic E-state index is 12.0. The number of morpholine rings is 1. The molecule has 0 aliphatic carbocycles. The first kappa shape index (κ1) is 32.8. The highest BCUT2D eigenvalue weighted by atomic mass is 32.2. The number of aromatic nitrogens is 4. The van der Waals surface area contributed by atoms with Crippen LogP contribution in [0.2, 0.25) is 0 Å². The van der Waals surface area contributed by atoms with E-state index < -0.39 is 10.0 Å². The number of primary amides is 1. The highest BCUT2D eigenvalue weighted by molar-refractivity contribution is 7.88. The third kappa shape index (κ3) is 7.05. The van der Waals surface area contributed by atoms with Crippen LogP contribution in [0.1, 0.15) is 45.4 Å². The molecule has 2 aliphatic rings. The Kier molecular flexibility index (Phi) is 8.87. The first-order valence-corrected chi connectivity index (χ1v) is 18.4. The Hall–Kier alpha value is -3.17. The number of piperazine rings is 1. The third-order valence-electron chi connectivity index (χ3n) is 8.87. The van der Waals surface area contributed by atoms with Gasteiger partial charge in [-0.3, -0.25) is 14.4 Å². The molecular weight excluding hydrogens is 625 g/mol. The Morgan fingerprint density at radius 2 is 1.74 bits per heavy atom. The normalized spacial score (nSPS) is 17.7. The second-order valence-corrected chi connectivity index (χ2v) is 17.1. The highest BCUT2D eigenvalue weighted by Crippen LogP contribution is 2.39. The molecule has 0 atom stereocenters. The summed E-state index contributed by atoms with van der Waals surface area (Å²) in [5.74, 6) is 1.26. The monoisotopic (exact) mass is 668 g/mol. The van der Waals surface area contributed by atoms with E-state index in [0.717, 1.165) is 58.6 Å². The van der Waals surface area contributed by atoms with Crippen molar-refractivity contribution in [2.24, 2.45) is 11.1 Å². The number of nitrogens with zero attached hydrogens (tertiary/aromatic N) is 7. The number of nitrogens with two attached hydrogens (primary N) is 1. The number of thiophene rings is 1. The van der Waals surface area contributed by atoms with Crippen LogP contribution in [0.25, 0.3) is 32.5 Å². The van der Waals surface area contributed by atoms with E-state index in [-0.39, 0.29) is 16.9 Å². The second kappa shape index (κ2) is 12.5. The van der Waals surface area contributed by atoms with Crippen molar-refractivity contribution < 1.29 is 17.9 Å². The van der Waals surface area contributed by atoms with Gasteiger partial charge in [-0.25, -0.2) is 18.4 Å². The average Bonchev–Trinajstić information content (AvgIpc) is 3.60. The molecule has 0 unspecified atom stereocenters. The smallest absolute Gasteiger partial charge is 0.217 e. The van der Waals surface area contributed by atoms with Gasteiger partial charge in [0.1, 0.15) is 0 Å². The minimum Gasteiger partial charge on any atom is -0.378 e. The zero-order valence-corrected chi connectivity index (χ0v) is 29.0. The minimum atomic E-state index is -3.17. The van der Waals surface area contributed by atoms with Gasteiger partial charge in [-0.2, -0.15) is 9.40 Å². The molecule has 1 amide bonds. The molecule has 0 bridgehead atoms. The van der Waals surface area contributed by atoms with Crippen LogP contribution in [-0.4, -0.2) is 102 Å². The van der Waals surface area contributed by atoms with Crippen LogP contribution in [-0.2, 0) is 31.6 Å². The van der Waals surface area contributed by atoms with Crippen LogP contribution in [0.4, 0.5) is 5.82 Å². The predicted molar refractivity (Wildman–Crippen MR) is 182 cm³/mol. The molecular formula is C32H44N8O4S2. The molecule has 4 aromatic rings. The van der Waals surface area contributed by atoms with E-state index in [1.165, 1.54) is 11.1 Å². The summed E-state index contributed by atoms with van der Waals surface area (Å²) in [5, 5.41) is 5.94. The molecule has 5 heterocycles. The van der Waals surface area contributed by atoms with E-state index in [2.05, 4.69) is 55.8 Å². The quantitative estimate of drug-likeness (QED) is 0.268. The SMILES string of the molecule is CC(C)(CC(N)=O)CC(C)(C)n1cc2c(-c3nc(N4CCOCC4)c4sc(CN5CCN(S(C)(=O)=O)CC5)cc4n3)cccc2n1. The molecule has 2 N–H and O–H groups in total. The summed E-state index contributed by atoms with van der Waals surface area (Å²) in [6.07, 6.45) is 4.37. The molecule has 2 saturated heterocycles. The Bertz CT molecular complexity index is 1850. The Morgan fingerprint density at radius 1 is 1.02 bits per heavy atom. The number of anilines is 1. The fourth-order valence-corrected chi connectivity index (χ4v) is 8.91. The fourth-order valence-electron chi connectivity index (χ4n) is 6.93.